The summed E-state index contributed by atoms with van der Waals surface area (Å²) in [7, 11) is 0. The van der Waals surface area contributed by atoms with E-state index in [1.807, 2.05) is 13.8 Å². The predicted octanol–water partition coefficient (Wildman–Crippen LogP) is 3.20. The number of hydrogen-bond donors (Lipinski definition) is 1. The van der Waals surface area contributed by atoms with Gasteiger partial charge in [0.1, 0.15) is 0 Å². The normalized spacial score (nSPS) is 38.5. The first kappa shape index (κ1) is 11.0. The quantitative estimate of drug-likeness (QED) is 0.608. The highest BCUT2D eigenvalue weighted by Crippen LogP contribution is 2.43. The second-order valence-electron chi connectivity index (χ2n) is 4.63. The van der Waals surface area contributed by atoms with E-state index in [0.717, 1.165) is 11.3 Å². The fourth-order valence-electron chi connectivity index (χ4n) is 2.95. The van der Waals surface area contributed by atoms with Gasteiger partial charge in [-0.3, -0.25) is 0 Å². The van der Waals surface area contributed by atoms with E-state index in [4.69, 9.17) is 0 Å². The Hall–Kier alpha value is -0.0400. The third-order valence-corrected chi connectivity index (χ3v) is 3.52. The van der Waals surface area contributed by atoms with Crippen LogP contribution in [0.4, 0.5) is 0 Å². The molecule has 2 aliphatic rings. The molecule has 0 bridgehead atoms. The average molecular weight is 183 g/mol. The van der Waals surface area contributed by atoms with Crippen LogP contribution in [0.25, 0.3) is 0 Å². The van der Waals surface area contributed by atoms with Crippen molar-refractivity contribution in [2.24, 2.45) is 11.3 Å². The fourth-order valence-corrected chi connectivity index (χ4v) is 2.95. The van der Waals surface area contributed by atoms with Crippen LogP contribution in [0, 0.1) is 11.3 Å². The molecule has 1 nitrogen and oxygen atoms in total. The van der Waals surface area contributed by atoms with Crippen molar-refractivity contribution in [2.45, 2.75) is 52.9 Å². The smallest absolute Gasteiger partial charge is 0.000839 e. The Bertz CT molecular complexity index is 136. The number of rotatable bonds is 0. The SMILES string of the molecule is CC.CC1CCCC2(CCNC2)C1. The molecule has 1 saturated carbocycles. The maximum atomic E-state index is 3.50. The van der Waals surface area contributed by atoms with Crippen molar-refractivity contribution in [1.29, 1.82) is 0 Å². The van der Waals surface area contributed by atoms with Crippen molar-refractivity contribution in [2.75, 3.05) is 13.1 Å². The van der Waals surface area contributed by atoms with Gasteiger partial charge in [0.25, 0.3) is 0 Å². The van der Waals surface area contributed by atoms with Gasteiger partial charge in [0.15, 0.2) is 0 Å². The van der Waals surface area contributed by atoms with Crippen LogP contribution in [-0.2, 0) is 0 Å². The molecular weight excluding hydrogens is 158 g/mol. The minimum atomic E-state index is 0.734. The molecule has 0 amide bonds. The molecule has 2 unspecified atom stereocenters. The zero-order valence-corrected chi connectivity index (χ0v) is 9.53. The molecular formula is C12H25N. The van der Waals surface area contributed by atoms with Crippen LogP contribution in [0.2, 0.25) is 0 Å². The van der Waals surface area contributed by atoms with Crippen molar-refractivity contribution in [3.8, 4) is 0 Å². The molecule has 0 aromatic rings. The summed E-state index contributed by atoms with van der Waals surface area (Å²) in [6.45, 7) is 8.99. The van der Waals surface area contributed by atoms with E-state index in [1.54, 1.807) is 0 Å². The molecule has 13 heavy (non-hydrogen) atoms. The van der Waals surface area contributed by atoms with E-state index in [1.165, 1.54) is 45.2 Å². The van der Waals surface area contributed by atoms with Crippen molar-refractivity contribution in [3.63, 3.8) is 0 Å². The lowest BCUT2D eigenvalue weighted by atomic mass is 9.70. The molecule has 1 aliphatic carbocycles. The number of hydrogen-bond acceptors (Lipinski definition) is 1. The van der Waals surface area contributed by atoms with Crippen LogP contribution in [0.15, 0.2) is 0 Å². The maximum Gasteiger partial charge on any atom is 0.000839 e. The van der Waals surface area contributed by atoms with Crippen LogP contribution < -0.4 is 5.32 Å². The van der Waals surface area contributed by atoms with Gasteiger partial charge in [-0.05, 0) is 37.1 Å². The molecule has 1 N–H and O–H groups in total. The third kappa shape index (κ3) is 2.70. The Morgan fingerprint density at radius 1 is 1.23 bits per heavy atom. The Morgan fingerprint density at radius 3 is 2.54 bits per heavy atom. The standard InChI is InChI=1S/C10H19N.C2H6/c1-9-3-2-4-10(7-9)5-6-11-8-10;1-2/h9,11H,2-8H2,1H3;1-2H3. The monoisotopic (exact) mass is 183 g/mol. The number of nitrogens with one attached hydrogen (secondary N) is 1. The Balaban J connectivity index is 0.000000396. The van der Waals surface area contributed by atoms with Crippen molar-refractivity contribution >= 4 is 0 Å². The van der Waals surface area contributed by atoms with Crippen LogP contribution >= 0.6 is 0 Å². The van der Waals surface area contributed by atoms with Gasteiger partial charge in [-0.2, -0.15) is 0 Å². The van der Waals surface area contributed by atoms with Gasteiger partial charge >= 0.3 is 0 Å². The topological polar surface area (TPSA) is 12.0 Å². The Labute approximate surface area is 83.3 Å². The third-order valence-electron chi connectivity index (χ3n) is 3.52. The van der Waals surface area contributed by atoms with E-state index >= 15 is 0 Å². The molecule has 1 aliphatic heterocycles. The van der Waals surface area contributed by atoms with Gasteiger partial charge in [-0.25, -0.2) is 0 Å². The van der Waals surface area contributed by atoms with Crippen molar-refractivity contribution in [3.05, 3.63) is 0 Å². The minimum Gasteiger partial charge on any atom is -0.316 e. The van der Waals surface area contributed by atoms with Gasteiger partial charge < -0.3 is 5.32 Å². The highest BCUT2D eigenvalue weighted by atomic mass is 14.9. The van der Waals surface area contributed by atoms with Gasteiger partial charge in [-0.1, -0.05) is 33.6 Å². The molecule has 1 heterocycles. The van der Waals surface area contributed by atoms with Gasteiger partial charge in [0.2, 0.25) is 0 Å². The molecule has 0 aromatic carbocycles. The second kappa shape index (κ2) is 4.99. The minimum absolute atomic E-state index is 0.734. The summed E-state index contributed by atoms with van der Waals surface area (Å²) >= 11 is 0. The van der Waals surface area contributed by atoms with Crippen LogP contribution in [-0.4, -0.2) is 13.1 Å². The zero-order valence-electron chi connectivity index (χ0n) is 9.53. The van der Waals surface area contributed by atoms with Crippen LogP contribution in [0.5, 0.6) is 0 Å². The van der Waals surface area contributed by atoms with Gasteiger partial charge in [0.05, 0.1) is 0 Å². The lowest BCUT2D eigenvalue weighted by Crippen LogP contribution is -2.29. The van der Waals surface area contributed by atoms with Gasteiger partial charge in [0, 0.05) is 6.54 Å². The predicted molar refractivity (Wildman–Crippen MR) is 58.9 cm³/mol. The molecule has 78 valence electrons. The average Bonchev–Trinajstić information content (AvgIpc) is 2.56. The Morgan fingerprint density at radius 2 is 2.00 bits per heavy atom. The summed E-state index contributed by atoms with van der Waals surface area (Å²) < 4.78 is 0. The van der Waals surface area contributed by atoms with E-state index < -0.39 is 0 Å². The lowest BCUT2D eigenvalue weighted by Gasteiger charge is -2.36. The second-order valence-corrected chi connectivity index (χ2v) is 4.63. The van der Waals surface area contributed by atoms with E-state index in [9.17, 15) is 0 Å². The maximum absolute atomic E-state index is 3.50. The summed E-state index contributed by atoms with van der Waals surface area (Å²) in [5, 5.41) is 3.50. The summed E-state index contributed by atoms with van der Waals surface area (Å²) in [5.41, 5.74) is 0.734. The van der Waals surface area contributed by atoms with Crippen LogP contribution in [0.3, 0.4) is 0 Å². The Kier molecular flexibility index (Phi) is 4.24. The fraction of sp³-hybridized carbons (Fsp3) is 1.00. The van der Waals surface area contributed by atoms with E-state index in [0.29, 0.717) is 0 Å². The summed E-state index contributed by atoms with van der Waals surface area (Å²) in [4.78, 5) is 0. The summed E-state index contributed by atoms with van der Waals surface area (Å²) in [5.74, 6) is 0.989. The molecule has 2 atom stereocenters. The zero-order chi connectivity index (χ0) is 9.73. The molecule has 1 spiro atoms. The molecule has 1 saturated heterocycles. The van der Waals surface area contributed by atoms with Crippen molar-refractivity contribution < 1.29 is 0 Å². The first-order chi connectivity index (χ1) is 6.31. The van der Waals surface area contributed by atoms with E-state index in [-0.39, 0.29) is 0 Å². The first-order valence-corrected chi connectivity index (χ1v) is 6.02. The molecule has 2 rings (SSSR count). The highest BCUT2D eigenvalue weighted by Gasteiger charge is 2.36. The lowest BCUT2D eigenvalue weighted by molar-refractivity contribution is 0.169. The summed E-state index contributed by atoms with van der Waals surface area (Å²) in [6.07, 6.45) is 7.37. The molecule has 0 aromatic heterocycles. The molecule has 1 heteroatoms. The van der Waals surface area contributed by atoms with E-state index in [2.05, 4.69) is 12.2 Å². The molecule has 2 fully saturated rings. The summed E-state index contributed by atoms with van der Waals surface area (Å²) in [6, 6.07) is 0. The largest absolute Gasteiger partial charge is 0.316 e. The van der Waals surface area contributed by atoms with Crippen molar-refractivity contribution in [1.82, 2.24) is 5.32 Å². The highest BCUT2D eigenvalue weighted by molar-refractivity contribution is 4.91. The van der Waals surface area contributed by atoms with Gasteiger partial charge in [-0.15, -0.1) is 0 Å². The first-order valence-electron chi connectivity index (χ1n) is 6.02. The van der Waals surface area contributed by atoms with Crippen LogP contribution in [0.1, 0.15) is 52.9 Å². The molecule has 0 radical (unpaired) electrons.